The molecular weight excluding hydrogens is 340 g/mol. The van der Waals surface area contributed by atoms with E-state index in [1.54, 1.807) is 0 Å². The van der Waals surface area contributed by atoms with E-state index in [4.69, 9.17) is 9.84 Å². The van der Waals surface area contributed by atoms with Crippen LogP contribution in [0.3, 0.4) is 0 Å². The summed E-state index contributed by atoms with van der Waals surface area (Å²) < 4.78 is 5.14. The summed E-state index contributed by atoms with van der Waals surface area (Å²) in [6.45, 7) is 2.19. The summed E-state index contributed by atoms with van der Waals surface area (Å²) in [6.07, 6.45) is 4.70. The number of hydrogen-bond acceptors (Lipinski definition) is 3. The van der Waals surface area contributed by atoms with Crippen LogP contribution < -0.4 is 0 Å². The van der Waals surface area contributed by atoms with Crippen molar-refractivity contribution >= 4 is 23.6 Å². The zero-order chi connectivity index (χ0) is 19.2. The second-order valence-electron chi connectivity index (χ2n) is 6.77. The first kappa shape index (κ1) is 18.9. The third kappa shape index (κ3) is 4.85. The normalized spacial score (nSPS) is 12.4. The standard InChI is InChI=1S/C23H24O4/c1-2-27-23(26)15-20-13-17-11-10-16(6-5-9-22(24)25)12-19(17)14-18-7-3-4-8-21(18)20/h3-4,7-8,10-13H,2,5-6,9,14-15H2,1H3,(H,24,25). The summed E-state index contributed by atoms with van der Waals surface area (Å²) in [5.74, 6) is -0.975. The van der Waals surface area contributed by atoms with Crippen LogP contribution in [0.2, 0.25) is 0 Å². The van der Waals surface area contributed by atoms with E-state index < -0.39 is 5.97 Å². The maximum atomic E-state index is 12.1. The summed E-state index contributed by atoms with van der Waals surface area (Å²) >= 11 is 0. The smallest absolute Gasteiger partial charge is 0.310 e. The van der Waals surface area contributed by atoms with Gasteiger partial charge in [0.2, 0.25) is 0 Å². The van der Waals surface area contributed by atoms with Crippen LogP contribution in [-0.2, 0) is 27.2 Å². The van der Waals surface area contributed by atoms with Gasteiger partial charge in [0.25, 0.3) is 0 Å². The van der Waals surface area contributed by atoms with Crippen LogP contribution in [0.5, 0.6) is 0 Å². The number of ether oxygens (including phenoxy) is 1. The second-order valence-corrected chi connectivity index (χ2v) is 6.77. The molecule has 0 heterocycles. The van der Waals surface area contributed by atoms with Crippen LogP contribution in [0.15, 0.2) is 42.5 Å². The van der Waals surface area contributed by atoms with E-state index in [1.807, 2.05) is 19.1 Å². The number of hydrogen-bond donors (Lipinski definition) is 1. The highest BCUT2D eigenvalue weighted by Crippen LogP contribution is 2.32. The first-order valence-corrected chi connectivity index (χ1v) is 9.35. The molecule has 1 aliphatic carbocycles. The van der Waals surface area contributed by atoms with Gasteiger partial charge in [0.05, 0.1) is 13.0 Å². The number of esters is 1. The Morgan fingerprint density at radius 3 is 2.70 bits per heavy atom. The zero-order valence-corrected chi connectivity index (χ0v) is 15.5. The number of rotatable bonds is 7. The van der Waals surface area contributed by atoms with Crippen LogP contribution in [-0.4, -0.2) is 23.7 Å². The van der Waals surface area contributed by atoms with Crippen molar-refractivity contribution in [3.63, 3.8) is 0 Å². The lowest BCUT2D eigenvalue weighted by atomic mass is 9.95. The largest absolute Gasteiger partial charge is 0.481 e. The van der Waals surface area contributed by atoms with Gasteiger partial charge in [0.15, 0.2) is 0 Å². The average Bonchev–Trinajstić information content (AvgIpc) is 2.78. The number of fused-ring (bicyclic) bond motifs is 2. The van der Waals surface area contributed by atoms with Crippen molar-refractivity contribution < 1.29 is 19.4 Å². The van der Waals surface area contributed by atoms with Crippen LogP contribution in [0.4, 0.5) is 0 Å². The molecule has 1 aliphatic rings. The molecule has 140 valence electrons. The molecule has 2 aromatic carbocycles. The number of aliphatic carboxylic acids is 1. The van der Waals surface area contributed by atoms with Crippen molar-refractivity contribution in [1.29, 1.82) is 0 Å². The van der Waals surface area contributed by atoms with Gasteiger partial charge >= 0.3 is 11.9 Å². The van der Waals surface area contributed by atoms with Crippen LogP contribution in [0.1, 0.15) is 54.0 Å². The van der Waals surface area contributed by atoms with E-state index in [-0.39, 0.29) is 18.8 Å². The van der Waals surface area contributed by atoms with Crippen molar-refractivity contribution in [2.24, 2.45) is 0 Å². The number of carbonyl (C=O) groups is 2. The minimum absolute atomic E-state index is 0.184. The molecule has 0 unspecified atom stereocenters. The Labute approximate surface area is 159 Å². The van der Waals surface area contributed by atoms with Gasteiger partial charge in [-0.05, 0) is 59.6 Å². The fourth-order valence-corrected chi connectivity index (χ4v) is 3.52. The molecule has 2 aromatic rings. The molecule has 0 radical (unpaired) electrons. The van der Waals surface area contributed by atoms with E-state index in [0.29, 0.717) is 13.0 Å². The Morgan fingerprint density at radius 1 is 1.11 bits per heavy atom. The Balaban J connectivity index is 1.91. The van der Waals surface area contributed by atoms with Gasteiger partial charge in [-0.3, -0.25) is 9.59 Å². The van der Waals surface area contributed by atoms with E-state index in [1.165, 1.54) is 11.1 Å². The topological polar surface area (TPSA) is 63.6 Å². The van der Waals surface area contributed by atoms with Crippen LogP contribution >= 0.6 is 0 Å². The Bertz CT molecular complexity index is 880. The fraction of sp³-hybridized carbons (Fsp3) is 0.304. The number of carboxylic acid groups (broad SMARTS) is 1. The van der Waals surface area contributed by atoms with Gasteiger partial charge in [0.1, 0.15) is 0 Å². The van der Waals surface area contributed by atoms with Crippen molar-refractivity contribution in [3.8, 4) is 0 Å². The molecule has 0 spiro atoms. The summed E-state index contributed by atoms with van der Waals surface area (Å²) in [6, 6.07) is 14.4. The quantitative estimate of drug-likeness (QED) is 0.735. The van der Waals surface area contributed by atoms with E-state index >= 15 is 0 Å². The molecule has 4 heteroatoms. The van der Waals surface area contributed by atoms with E-state index in [2.05, 4.69) is 36.4 Å². The maximum absolute atomic E-state index is 12.1. The van der Waals surface area contributed by atoms with Crippen molar-refractivity contribution in [3.05, 3.63) is 70.3 Å². The van der Waals surface area contributed by atoms with E-state index in [0.717, 1.165) is 35.1 Å². The lowest BCUT2D eigenvalue weighted by Gasteiger charge is -2.10. The van der Waals surface area contributed by atoms with Gasteiger partial charge in [-0.2, -0.15) is 0 Å². The van der Waals surface area contributed by atoms with Gasteiger partial charge < -0.3 is 9.84 Å². The Morgan fingerprint density at radius 2 is 1.93 bits per heavy atom. The summed E-state index contributed by atoms with van der Waals surface area (Å²) in [5.41, 5.74) is 6.71. The van der Waals surface area contributed by atoms with Crippen molar-refractivity contribution in [1.82, 2.24) is 0 Å². The van der Waals surface area contributed by atoms with E-state index in [9.17, 15) is 9.59 Å². The van der Waals surface area contributed by atoms with Gasteiger partial charge in [-0.25, -0.2) is 0 Å². The Kier molecular flexibility index (Phi) is 6.07. The molecule has 4 nitrogen and oxygen atoms in total. The molecule has 0 saturated carbocycles. The minimum atomic E-state index is -0.759. The molecule has 0 aromatic heterocycles. The van der Waals surface area contributed by atoms with Gasteiger partial charge in [0, 0.05) is 6.42 Å². The average molecular weight is 364 g/mol. The molecular formula is C23H24O4. The second kappa shape index (κ2) is 8.67. The molecule has 3 rings (SSSR count). The number of carbonyl (C=O) groups excluding carboxylic acids is 1. The lowest BCUT2D eigenvalue weighted by molar-refractivity contribution is -0.142. The first-order valence-electron chi connectivity index (χ1n) is 9.35. The number of carboxylic acids is 1. The molecule has 27 heavy (non-hydrogen) atoms. The summed E-state index contributed by atoms with van der Waals surface area (Å²) in [4.78, 5) is 22.8. The molecule has 0 fully saturated rings. The highest BCUT2D eigenvalue weighted by Gasteiger charge is 2.18. The van der Waals surface area contributed by atoms with Gasteiger partial charge in [-0.1, -0.05) is 48.5 Å². The highest BCUT2D eigenvalue weighted by atomic mass is 16.5. The van der Waals surface area contributed by atoms with Gasteiger partial charge in [-0.15, -0.1) is 0 Å². The molecule has 0 amide bonds. The summed E-state index contributed by atoms with van der Waals surface area (Å²) in [7, 11) is 0. The predicted octanol–water partition coefficient (Wildman–Crippen LogP) is 4.49. The zero-order valence-electron chi connectivity index (χ0n) is 15.5. The summed E-state index contributed by atoms with van der Waals surface area (Å²) in [5, 5.41) is 8.82. The number of aryl methyl sites for hydroxylation is 1. The lowest BCUT2D eigenvalue weighted by Crippen LogP contribution is -2.05. The molecule has 0 aliphatic heterocycles. The maximum Gasteiger partial charge on any atom is 0.310 e. The monoisotopic (exact) mass is 364 g/mol. The minimum Gasteiger partial charge on any atom is -0.481 e. The number of benzene rings is 2. The van der Waals surface area contributed by atoms with Crippen molar-refractivity contribution in [2.75, 3.05) is 6.61 Å². The SMILES string of the molecule is CCOC(=O)CC1=Cc2ccc(CCCC(=O)O)cc2Cc2ccccc21. The third-order valence-electron chi connectivity index (χ3n) is 4.78. The van der Waals surface area contributed by atoms with Crippen molar-refractivity contribution in [2.45, 2.75) is 39.0 Å². The third-order valence-corrected chi connectivity index (χ3v) is 4.78. The van der Waals surface area contributed by atoms with Crippen LogP contribution in [0, 0.1) is 0 Å². The highest BCUT2D eigenvalue weighted by molar-refractivity contribution is 5.94. The molecule has 1 N–H and O–H groups in total. The molecule has 0 atom stereocenters. The Hall–Kier alpha value is -2.88. The first-order chi connectivity index (χ1) is 13.1. The predicted molar refractivity (Wildman–Crippen MR) is 105 cm³/mol. The fourth-order valence-electron chi connectivity index (χ4n) is 3.52. The molecule has 0 bridgehead atoms. The van der Waals surface area contributed by atoms with Crippen LogP contribution in [0.25, 0.3) is 11.6 Å². The molecule has 0 saturated heterocycles.